The van der Waals surface area contributed by atoms with Crippen LogP contribution in [0.4, 0.5) is 5.69 Å². The third kappa shape index (κ3) is 2.72. The number of carbonyl (C=O) groups excluding carboxylic acids is 2. The van der Waals surface area contributed by atoms with Gasteiger partial charge in [0, 0.05) is 18.8 Å². The summed E-state index contributed by atoms with van der Waals surface area (Å²) in [5, 5.41) is 8.60. The van der Waals surface area contributed by atoms with E-state index in [4.69, 9.17) is 10.00 Å². The number of carbonyl (C=O) groups is 2. The molecule has 2 rings (SSSR count). The summed E-state index contributed by atoms with van der Waals surface area (Å²) in [7, 11) is 0. The number of nitrogens with zero attached hydrogens (tertiary/aromatic N) is 3. The summed E-state index contributed by atoms with van der Waals surface area (Å²) < 4.78 is 5.33. The van der Waals surface area contributed by atoms with Gasteiger partial charge in [-0.15, -0.1) is 0 Å². The molecule has 20 heavy (non-hydrogen) atoms. The van der Waals surface area contributed by atoms with Crippen LogP contribution in [0, 0.1) is 11.3 Å². The van der Waals surface area contributed by atoms with Crippen LogP contribution in [0.3, 0.4) is 0 Å². The fourth-order valence-corrected chi connectivity index (χ4v) is 2.05. The lowest BCUT2D eigenvalue weighted by molar-refractivity contribution is -0.145. The molecule has 0 atom stereocenters. The van der Waals surface area contributed by atoms with Gasteiger partial charge in [0.25, 0.3) is 0 Å². The molecule has 1 aliphatic heterocycles. The second kappa shape index (κ2) is 6.06. The molecule has 0 radical (unpaired) electrons. The van der Waals surface area contributed by atoms with Crippen molar-refractivity contribution in [3.05, 3.63) is 24.3 Å². The predicted molar refractivity (Wildman–Crippen MR) is 72.2 cm³/mol. The zero-order valence-corrected chi connectivity index (χ0v) is 11.2. The van der Waals surface area contributed by atoms with Crippen molar-refractivity contribution < 1.29 is 14.3 Å². The average molecular weight is 273 g/mol. The lowest BCUT2D eigenvalue weighted by Crippen LogP contribution is -2.54. The van der Waals surface area contributed by atoms with E-state index in [2.05, 4.69) is 0 Å². The van der Waals surface area contributed by atoms with Crippen LogP contribution in [0.25, 0.3) is 0 Å². The van der Waals surface area contributed by atoms with Crippen molar-refractivity contribution in [2.24, 2.45) is 0 Å². The highest BCUT2D eigenvalue weighted by Gasteiger charge is 2.33. The van der Waals surface area contributed by atoms with Crippen molar-refractivity contribution in [1.29, 1.82) is 5.26 Å². The normalized spacial score (nSPS) is 15.2. The maximum Gasteiger partial charge on any atom is 0.316 e. The number of rotatable bonds is 4. The maximum atomic E-state index is 12.0. The molecule has 0 saturated carbocycles. The Balaban J connectivity index is 2.12. The minimum atomic E-state index is -0.633. The van der Waals surface area contributed by atoms with Crippen molar-refractivity contribution in [2.75, 3.05) is 31.1 Å². The van der Waals surface area contributed by atoms with E-state index in [1.54, 1.807) is 24.3 Å². The summed E-state index contributed by atoms with van der Waals surface area (Å²) in [6, 6.07) is 8.90. The number of hydrogen-bond acceptors (Lipinski definition) is 4. The number of ether oxygens (including phenoxy) is 1. The van der Waals surface area contributed by atoms with Gasteiger partial charge in [-0.05, 0) is 31.2 Å². The van der Waals surface area contributed by atoms with E-state index in [0.717, 1.165) is 5.75 Å². The van der Waals surface area contributed by atoms with Crippen LogP contribution in [0.1, 0.15) is 6.92 Å². The van der Waals surface area contributed by atoms with Crippen LogP contribution < -0.4 is 9.64 Å². The van der Waals surface area contributed by atoms with Gasteiger partial charge in [-0.3, -0.25) is 9.59 Å². The van der Waals surface area contributed by atoms with Gasteiger partial charge in [-0.2, -0.15) is 5.26 Å². The summed E-state index contributed by atoms with van der Waals surface area (Å²) in [6.45, 7) is 3.17. The number of benzene rings is 1. The van der Waals surface area contributed by atoms with E-state index in [1.807, 2.05) is 13.0 Å². The monoisotopic (exact) mass is 273 g/mol. The highest BCUT2D eigenvalue weighted by Crippen LogP contribution is 2.21. The Kier molecular flexibility index (Phi) is 4.20. The fourth-order valence-electron chi connectivity index (χ4n) is 2.05. The molecule has 0 aliphatic carbocycles. The minimum absolute atomic E-state index is 0.0539. The Morgan fingerprint density at radius 2 is 1.90 bits per heavy atom. The highest BCUT2D eigenvalue weighted by atomic mass is 16.5. The van der Waals surface area contributed by atoms with Crippen molar-refractivity contribution >= 4 is 17.5 Å². The molecule has 1 aliphatic rings. The van der Waals surface area contributed by atoms with E-state index in [0.29, 0.717) is 25.4 Å². The summed E-state index contributed by atoms with van der Waals surface area (Å²) in [5.74, 6) is -0.513. The first-order valence-electron chi connectivity index (χ1n) is 6.38. The van der Waals surface area contributed by atoms with Crippen LogP contribution in [-0.2, 0) is 9.59 Å². The van der Waals surface area contributed by atoms with Crippen LogP contribution in [0.5, 0.6) is 5.75 Å². The molecule has 6 heteroatoms. The molecule has 0 spiro atoms. The Morgan fingerprint density at radius 1 is 1.20 bits per heavy atom. The standard InChI is InChI=1S/C14H15N3O3/c1-2-20-12-5-3-11(4-6-12)17-10-9-16(8-7-15)13(18)14(17)19/h3-6H,2,8-10H2,1H3. The molecule has 6 nitrogen and oxygen atoms in total. The molecular formula is C14H15N3O3. The SMILES string of the molecule is CCOc1ccc(N2CCN(CC#N)C(=O)C2=O)cc1. The molecule has 1 saturated heterocycles. The zero-order chi connectivity index (χ0) is 14.5. The second-order valence-electron chi connectivity index (χ2n) is 4.27. The van der Waals surface area contributed by atoms with Crippen LogP contribution in [-0.4, -0.2) is 43.0 Å². The number of amides is 2. The van der Waals surface area contributed by atoms with E-state index in [9.17, 15) is 9.59 Å². The van der Waals surface area contributed by atoms with Gasteiger partial charge in [-0.25, -0.2) is 0 Å². The first-order chi connectivity index (χ1) is 9.67. The number of nitriles is 1. The van der Waals surface area contributed by atoms with Gasteiger partial charge < -0.3 is 14.5 Å². The van der Waals surface area contributed by atoms with E-state index in [1.165, 1.54) is 9.80 Å². The lowest BCUT2D eigenvalue weighted by Gasteiger charge is -2.32. The van der Waals surface area contributed by atoms with Gasteiger partial charge in [0.1, 0.15) is 12.3 Å². The molecule has 1 heterocycles. The largest absolute Gasteiger partial charge is 0.494 e. The number of anilines is 1. The third-order valence-electron chi connectivity index (χ3n) is 3.03. The first kappa shape index (κ1) is 13.9. The molecule has 0 N–H and O–H groups in total. The Hall–Kier alpha value is -2.55. The van der Waals surface area contributed by atoms with Gasteiger partial charge in [-0.1, -0.05) is 0 Å². The predicted octanol–water partition coefficient (Wildman–Crippen LogP) is 0.784. The van der Waals surface area contributed by atoms with Crippen molar-refractivity contribution in [3.63, 3.8) is 0 Å². The van der Waals surface area contributed by atoms with Crippen LogP contribution in [0.2, 0.25) is 0 Å². The Labute approximate surface area is 117 Å². The fraction of sp³-hybridized carbons (Fsp3) is 0.357. The van der Waals surface area contributed by atoms with Gasteiger partial charge in [0.05, 0.1) is 12.7 Å². The number of hydrogen-bond donors (Lipinski definition) is 0. The average Bonchev–Trinajstić information content (AvgIpc) is 2.46. The van der Waals surface area contributed by atoms with E-state index >= 15 is 0 Å². The highest BCUT2D eigenvalue weighted by molar-refractivity contribution is 6.41. The summed E-state index contributed by atoms with van der Waals surface area (Å²) in [6.07, 6.45) is 0. The van der Waals surface area contributed by atoms with Gasteiger partial charge in [0.15, 0.2) is 0 Å². The molecule has 0 unspecified atom stereocenters. The third-order valence-corrected chi connectivity index (χ3v) is 3.03. The van der Waals surface area contributed by atoms with Crippen LogP contribution >= 0.6 is 0 Å². The topological polar surface area (TPSA) is 73.6 Å². The zero-order valence-electron chi connectivity index (χ0n) is 11.2. The van der Waals surface area contributed by atoms with Crippen molar-refractivity contribution in [2.45, 2.75) is 6.92 Å². The maximum absolute atomic E-state index is 12.0. The molecule has 1 aromatic carbocycles. The minimum Gasteiger partial charge on any atom is -0.494 e. The smallest absolute Gasteiger partial charge is 0.316 e. The van der Waals surface area contributed by atoms with Gasteiger partial charge in [0.2, 0.25) is 0 Å². The van der Waals surface area contributed by atoms with Crippen molar-refractivity contribution in [1.82, 2.24) is 4.90 Å². The van der Waals surface area contributed by atoms with E-state index in [-0.39, 0.29) is 6.54 Å². The number of piperazine rings is 1. The Bertz CT molecular complexity index is 548. The van der Waals surface area contributed by atoms with Crippen molar-refractivity contribution in [3.8, 4) is 11.8 Å². The van der Waals surface area contributed by atoms with Crippen LogP contribution in [0.15, 0.2) is 24.3 Å². The molecule has 104 valence electrons. The molecule has 1 aromatic rings. The molecular weight excluding hydrogens is 258 g/mol. The van der Waals surface area contributed by atoms with E-state index < -0.39 is 11.8 Å². The second-order valence-corrected chi connectivity index (χ2v) is 4.27. The summed E-state index contributed by atoms with van der Waals surface area (Å²) in [5.41, 5.74) is 0.656. The lowest BCUT2D eigenvalue weighted by atomic mass is 10.2. The molecule has 1 fully saturated rings. The molecule has 0 bridgehead atoms. The van der Waals surface area contributed by atoms with Gasteiger partial charge >= 0.3 is 11.8 Å². The summed E-state index contributed by atoms with van der Waals surface area (Å²) in [4.78, 5) is 26.5. The summed E-state index contributed by atoms with van der Waals surface area (Å²) >= 11 is 0. The molecule has 0 aromatic heterocycles. The molecule has 2 amide bonds. The first-order valence-corrected chi connectivity index (χ1v) is 6.38. The Morgan fingerprint density at radius 3 is 2.50 bits per heavy atom. The quantitative estimate of drug-likeness (QED) is 0.600.